The van der Waals surface area contributed by atoms with E-state index in [4.69, 9.17) is 9.73 Å². The van der Waals surface area contributed by atoms with Crippen LogP contribution in [0.1, 0.15) is 38.5 Å². The minimum Gasteiger partial charge on any atom is -0.411 e. The van der Waals surface area contributed by atoms with Crippen molar-refractivity contribution in [3.63, 3.8) is 0 Å². The average molecular weight is 474 g/mol. The summed E-state index contributed by atoms with van der Waals surface area (Å²) in [6, 6.07) is 0. The summed E-state index contributed by atoms with van der Waals surface area (Å²) in [5, 5.41) is 11.5. The normalized spacial score (nSPS) is 24.9. The second-order valence-corrected chi connectivity index (χ2v) is 11.9. The van der Waals surface area contributed by atoms with Crippen LogP contribution in [0, 0.1) is 0 Å². The fourth-order valence-corrected chi connectivity index (χ4v) is 7.90. The zero-order chi connectivity index (χ0) is 21.8. The molecule has 1 N–H and O–H groups in total. The molecule has 3 saturated heterocycles. The Kier molecular flexibility index (Phi) is 7.12. The molecule has 3 aliphatic rings. The second kappa shape index (κ2) is 8.42. The third-order valence-corrected chi connectivity index (χ3v) is 8.56. The SMILES string of the molecule is F[P-](F)(F)(F)(F)F.O=C(C=NO)O[P+](N1CCCC1)(N1CCCC1)N1CCCC1. The molecular formula is C14H26F6N4O3P2. The molecule has 7 nitrogen and oxygen atoms in total. The Morgan fingerprint density at radius 1 is 0.793 bits per heavy atom. The van der Waals surface area contributed by atoms with Crippen LogP contribution in [0.5, 0.6) is 0 Å². The number of hydrogen-bond acceptors (Lipinski definition) is 7. The molecule has 0 aliphatic carbocycles. The molecule has 0 bridgehead atoms. The van der Waals surface area contributed by atoms with Crippen molar-refractivity contribution in [1.29, 1.82) is 0 Å². The molecule has 0 unspecified atom stereocenters. The van der Waals surface area contributed by atoms with Crippen LogP contribution in [0.2, 0.25) is 0 Å². The molecule has 3 fully saturated rings. The summed E-state index contributed by atoms with van der Waals surface area (Å²) in [4.78, 5) is 12.1. The van der Waals surface area contributed by atoms with E-state index in [2.05, 4.69) is 19.2 Å². The van der Waals surface area contributed by atoms with Crippen molar-refractivity contribution in [2.45, 2.75) is 38.5 Å². The molecule has 3 rings (SSSR count). The van der Waals surface area contributed by atoms with E-state index in [1.807, 2.05) is 0 Å². The Bertz CT molecular complexity index is 551. The van der Waals surface area contributed by atoms with Crippen molar-refractivity contribution in [1.82, 2.24) is 14.0 Å². The van der Waals surface area contributed by atoms with Crippen LogP contribution in [0.15, 0.2) is 5.16 Å². The van der Waals surface area contributed by atoms with E-state index < -0.39 is 21.7 Å². The first-order chi connectivity index (χ1) is 13.2. The Morgan fingerprint density at radius 2 is 1.07 bits per heavy atom. The number of carbonyl (C=O) groups is 1. The van der Waals surface area contributed by atoms with Gasteiger partial charge in [0.1, 0.15) is 0 Å². The smallest absolute Gasteiger partial charge is 0.411 e. The number of rotatable bonds is 5. The maximum atomic E-state index is 12.1. The quantitative estimate of drug-likeness (QED) is 0.191. The molecule has 0 aromatic carbocycles. The van der Waals surface area contributed by atoms with Gasteiger partial charge in [-0.2, -0.15) is 0 Å². The third-order valence-electron chi connectivity index (χ3n) is 4.73. The van der Waals surface area contributed by atoms with Gasteiger partial charge in [0, 0.05) is 39.3 Å². The molecule has 3 heterocycles. The fourth-order valence-electron chi connectivity index (χ4n) is 3.78. The zero-order valence-corrected chi connectivity index (χ0v) is 17.6. The van der Waals surface area contributed by atoms with E-state index in [0.29, 0.717) is 0 Å². The van der Waals surface area contributed by atoms with E-state index in [9.17, 15) is 30.0 Å². The van der Waals surface area contributed by atoms with Crippen molar-refractivity contribution in [2.75, 3.05) is 39.3 Å². The van der Waals surface area contributed by atoms with Crippen molar-refractivity contribution in [3.8, 4) is 0 Å². The van der Waals surface area contributed by atoms with Gasteiger partial charge in [-0.25, -0.2) is 9.32 Å². The van der Waals surface area contributed by atoms with Crippen molar-refractivity contribution >= 4 is 27.9 Å². The van der Waals surface area contributed by atoms with Gasteiger partial charge < -0.3 is 5.21 Å². The van der Waals surface area contributed by atoms with Crippen LogP contribution in [-0.4, -0.2) is 70.7 Å². The summed E-state index contributed by atoms with van der Waals surface area (Å²) in [5.41, 5.74) is 0. The van der Waals surface area contributed by atoms with E-state index in [0.717, 1.165) is 84.0 Å². The largest absolute Gasteiger partial charge is 0.423 e. The van der Waals surface area contributed by atoms with Gasteiger partial charge >= 0.3 is 46.9 Å². The maximum absolute atomic E-state index is 12.1. The molecule has 0 spiro atoms. The molecule has 0 amide bonds. The molecule has 3 aliphatic heterocycles. The van der Waals surface area contributed by atoms with Crippen LogP contribution >= 0.6 is 15.8 Å². The molecule has 0 atom stereocenters. The van der Waals surface area contributed by atoms with Crippen LogP contribution in [0.4, 0.5) is 25.2 Å². The molecule has 0 radical (unpaired) electrons. The van der Waals surface area contributed by atoms with Gasteiger partial charge in [-0.05, 0) is 38.5 Å². The summed E-state index contributed by atoms with van der Waals surface area (Å²) >= 11 is 0. The van der Waals surface area contributed by atoms with Gasteiger partial charge in [0.25, 0.3) is 0 Å². The predicted molar refractivity (Wildman–Crippen MR) is 99.3 cm³/mol. The van der Waals surface area contributed by atoms with Crippen molar-refractivity contribution in [2.24, 2.45) is 5.16 Å². The summed E-state index contributed by atoms with van der Waals surface area (Å²) in [6.07, 6.45) is 7.86. The van der Waals surface area contributed by atoms with E-state index in [1.54, 1.807) is 0 Å². The zero-order valence-electron chi connectivity index (χ0n) is 15.8. The number of oxime groups is 1. The molecule has 29 heavy (non-hydrogen) atoms. The van der Waals surface area contributed by atoms with E-state index in [1.165, 1.54) is 0 Å². The summed E-state index contributed by atoms with van der Waals surface area (Å²) in [6.45, 7) is 5.94. The van der Waals surface area contributed by atoms with Crippen LogP contribution < -0.4 is 0 Å². The topological polar surface area (TPSA) is 68.6 Å². The minimum absolute atomic E-state index is 0.526. The summed E-state index contributed by atoms with van der Waals surface area (Å²) in [5.74, 6) is -0.526. The molecule has 0 aromatic heterocycles. The number of halogens is 6. The van der Waals surface area contributed by atoms with Gasteiger partial charge in [-0.15, -0.1) is 14.0 Å². The van der Waals surface area contributed by atoms with Crippen LogP contribution in [0.25, 0.3) is 0 Å². The average Bonchev–Trinajstić information content (AvgIpc) is 3.33. The molecule has 15 heteroatoms. The maximum Gasteiger partial charge on any atom is 0.423 e. The van der Waals surface area contributed by atoms with Crippen LogP contribution in [0.3, 0.4) is 0 Å². The predicted octanol–water partition coefficient (Wildman–Crippen LogP) is 5.34. The summed E-state index contributed by atoms with van der Waals surface area (Å²) in [7, 11) is -12.9. The minimum atomic E-state index is -10.7. The van der Waals surface area contributed by atoms with Crippen LogP contribution in [-0.2, 0) is 9.32 Å². The van der Waals surface area contributed by atoms with Gasteiger partial charge in [0.05, 0.1) is 0 Å². The monoisotopic (exact) mass is 474 g/mol. The number of nitrogens with zero attached hydrogens (tertiary/aromatic N) is 4. The second-order valence-electron chi connectivity index (χ2n) is 7.11. The van der Waals surface area contributed by atoms with E-state index >= 15 is 0 Å². The Balaban J connectivity index is 0.000000370. The van der Waals surface area contributed by atoms with Gasteiger partial charge in [-0.3, -0.25) is 0 Å². The first-order valence-corrected chi connectivity index (χ1v) is 12.9. The van der Waals surface area contributed by atoms with Gasteiger partial charge in [0.2, 0.25) is 0 Å². The first-order valence-electron chi connectivity index (χ1n) is 9.35. The summed E-state index contributed by atoms with van der Waals surface area (Å²) < 4.78 is 72.5. The third kappa shape index (κ3) is 8.13. The Labute approximate surface area is 165 Å². The van der Waals surface area contributed by atoms with Crippen molar-refractivity contribution in [3.05, 3.63) is 0 Å². The van der Waals surface area contributed by atoms with Gasteiger partial charge in [-0.1, -0.05) is 5.16 Å². The molecule has 0 saturated carbocycles. The van der Waals surface area contributed by atoms with Gasteiger partial charge in [0.15, 0.2) is 6.21 Å². The molecule has 172 valence electrons. The number of carbonyl (C=O) groups excluding carboxylic acids is 1. The molecule has 0 aromatic rings. The Morgan fingerprint density at radius 3 is 1.31 bits per heavy atom. The van der Waals surface area contributed by atoms with Crippen molar-refractivity contribution < 1.29 is 39.7 Å². The van der Waals surface area contributed by atoms with E-state index in [-0.39, 0.29) is 0 Å². The fraction of sp³-hybridized carbons (Fsp3) is 0.857. The Hall–Kier alpha value is -0.740. The molecular weight excluding hydrogens is 448 g/mol. The first kappa shape index (κ1) is 24.5. The number of hydrogen-bond donors (Lipinski definition) is 1. The standard InChI is InChI=1S/C14H25N4O3P.F6P/c19-14(13-15-20)21-22(16-7-1-2-8-16,17-9-3-4-10-17)18-11-5-6-12-18;1-7(2,3,4,5)6/h13H,1-12H2;/q;-1/p+1.